The fourth-order valence-corrected chi connectivity index (χ4v) is 5.56. The van der Waals surface area contributed by atoms with Gasteiger partial charge in [-0.1, -0.05) is 92.2 Å². The van der Waals surface area contributed by atoms with Crippen LogP contribution in [0.15, 0.2) is 78.9 Å². The van der Waals surface area contributed by atoms with Gasteiger partial charge in [-0.2, -0.15) is 0 Å². The summed E-state index contributed by atoms with van der Waals surface area (Å²) in [4.78, 5) is 29.6. The second-order valence-corrected chi connectivity index (χ2v) is 13.8. The highest BCUT2D eigenvalue weighted by molar-refractivity contribution is 7.92. The third kappa shape index (κ3) is 9.18. The van der Waals surface area contributed by atoms with Gasteiger partial charge in [-0.05, 0) is 56.4 Å². The molecule has 0 saturated carbocycles. The molecule has 2 amide bonds. The first-order valence-corrected chi connectivity index (χ1v) is 15.8. The van der Waals surface area contributed by atoms with E-state index in [1.165, 1.54) is 4.90 Å². The largest absolute Gasteiger partial charge is 0.350 e. The summed E-state index contributed by atoms with van der Waals surface area (Å²) in [6.07, 6.45) is 1.39. The molecule has 7 nitrogen and oxygen atoms in total. The van der Waals surface area contributed by atoms with E-state index in [1.807, 2.05) is 108 Å². The Kier molecular flexibility index (Phi) is 10.4. The van der Waals surface area contributed by atoms with Gasteiger partial charge in [0.2, 0.25) is 21.8 Å². The summed E-state index contributed by atoms with van der Waals surface area (Å²) < 4.78 is 27.4. The summed E-state index contributed by atoms with van der Waals surface area (Å²) in [6, 6.07) is 23.7. The van der Waals surface area contributed by atoms with Crippen molar-refractivity contribution in [1.82, 2.24) is 10.2 Å². The van der Waals surface area contributed by atoms with Crippen molar-refractivity contribution in [1.29, 1.82) is 0 Å². The van der Waals surface area contributed by atoms with Crippen molar-refractivity contribution in [2.24, 2.45) is 0 Å². The van der Waals surface area contributed by atoms with Crippen LogP contribution in [0.4, 0.5) is 5.69 Å². The Morgan fingerprint density at radius 3 is 2.00 bits per heavy atom. The quantitative estimate of drug-likeness (QED) is 0.329. The molecule has 0 radical (unpaired) electrons. The van der Waals surface area contributed by atoms with Gasteiger partial charge in [-0.15, -0.1) is 0 Å². The van der Waals surface area contributed by atoms with Crippen molar-refractivity contribution in [2.45, 2.75) is 72.0 Å². The van der Waals surface area contributed by atoms with Gasteiger partial charge in [0, 0.05) is 18.5 Å². The SMILES string of the molecule is Cc1ccc(CN(C(=O)CN(c2ccccc2C(C)C)S(C)(=O)=O)C(Cc2ccccc2)C(=O)NC(C)(C)C)cc1. The zero-order valence-electron chi connectivity index (χ0n) is 25.2. The summed E-state index contributed by atoms with van der Waals surface area (Å²) in [6.45, 7) is 11.4. The van der Waals surface area contributed by atoms with E-state index >= 15 is 0 Å². The molecule has 0 saturated heterocycles. The number of sulfonamides is 1. The number of hydrogen-bond donors (Lipinski definition) is 1. The maximum absolute atomic E-state index is 14.3. The molecule has 0 spiro atoms. The van der Waals surface area contributed by atoms with Gasteiger partial charge in [0.1, 0.15) is 12.6 Å². The van der Waals surface area contributed by atoms with Gasteiger partial charge in [-0.3, -0.25) is 13.9 Å². The van der Waals surface area contributed by atoms with E-state index in [9.17, 15) is 18.0 Å². The molecule has 0 aliphatic carbocycles. The van der Waals surface area contributed by atoms with Crippen LogP contribution in [0, 0.1) is 6.92 Å². The van der Waals surface area contributed by atoms with Crippen molar-refractivity contribution in [2.75, 3.05) is 17.1 Å². The van der Waals surface area contributed by atoms with Gasteiger partial charge >= 0.3 is 0 Å². The monoisotopic (exact) mass is 577 g/mol. The highest BCUT2D eigenvalue weighted by Gasteiger charge is 2.34. The summed E-state index contributed by atoms with van der Waals surface area (Å²) in [7, 11) is -3.83. The van der Waals surface area contributed by atoms with Crippen molar-refractivity contribution >= 4 is 27.5 Å². The molecule has 41 heavy (non-hydrogen) atoms. The summed E-state index contributed by atoms with van der Waals surface area (Å²) >= 11 is 0. The number of carbonyl (C=O) groups is 2. The average molecular weight is 578 g/mol. The van der Waals surface area contributed by atoms with Gasteiger partial charge in [0.05, 0.1) is 11.9 Å². The van der Waals surface area contributed by atoms with Gasteiger partial charge in [0.25, 0.3) is 0 Å². The molecule has 0 aromatic heterocycles. The second-order valence-electron chi connectivity index (χ2n) is 11.9. The maximum atomic E-state index is 14.3. The molecule has 1 N–H and O–H groups in total. The smallest absolute Gasteiger partial charge is 0.244 e. The molecule has 0 aliphatic heterocycles. The molecule has 3 rings (SSSR count). The van der Waals surface area contributed by atoms with E-state index < -0.39 is 34.1 Å². The van der Waals surface area contributed by atoms with Crippen LogP contribution in [0.1, 0.15) is 62.8 Å². The lowest BCUT2D eigenvalue weighted by Crippen LogP contribution is -2.56. The van der Waals surface area contributed by atoms with Crippen LogP contribution in [0.25, 0.3) is 0 Å². The minimum absolute atomic E-state index is 0.0394. The van der Waals surface area contributed by atoms with Crippen LogP contribution in [0.2, 0.25) is 0 Å². The Morgan fingerprint density at radius 1 is 0.854 bits per heavy atom. The first kappa shape index (κ1) is 31.9. The average Bonchev–Trinajstić information content (AvgIpc) is 2.89. The topological polar surface area (TPSA) is 86.8 Å². The number of anilines is 1. The number of rotatable bonds is 11. The molecule has 0 aliphatic rings. The molecule has 3 aromatic rings. The number of aryl methyl sites for hydroxylation is 1. The third-order valence-corrected chi connectivity index (χ3v) is 7.88. The highest BCUT2D eigenvalue weighted by atomic mass is 32.2. The van der Waals surface area contributed by atoms with Crippen LogP contribution in [-0.2, 0) is 32.6 Å². The molecule has 3 aromatic carbocycles. The summed E-state index contributed by atoms with van der Waals surface area (Å²) in [5.41, 5.74) is 3.58. The molecule has 0 bridgehead atoms. The van der Waals surface area contributed by atoms with Gasteiger partial charge in [0.15, 0.2) is 0 Å². The summed E-state index contributed by atoms with van der Waals surface area (Å²) in [5.74, 6) is -0.715. The lowest BCUT2D eigenvalue weighted by molar-refractivity contribution is -0.140. The number of para-hydroxylation sites is 1. The lowest BCUT2D eigenvalue weighted by Gasteiger charge is -2.35. The number of amides is 2. The zero-order valence-corrected chi connectivity index (χ0v) is 26.0. The Balaban J connectivity index is 2.11. The number of nitrogens with one attached hydrogen (secondary N) is 1. The fourth-order valence-electron chi connectivity index (χ4n) is 4.69. The predicted octanol–water partition coefficient (Wildman–Crippen LogP) is 5.44. The number of nitrogens with zero attached hydrogens (tertiary/aromatic N) is 2. The molecule has 0 heterocycles. The minimum Gasteiger partial charge on any atom is -0.350 e. The Labute approximate surface area is 245 Å². The van der Waals surface area contributed by atoms with E-state index in [2.05, 4.69) is 5.32 Å². The standard InChI is InChI=1S/C33H43N3O4S/c1-24(2)28-15-11-12-16-29(28)36(41(7,39)40)23-31(37)35(22-27-19-17-25(3)18-20-27)30(32(38)34-33(4,5)6)21-26-13-9-8-10-14-26/h8-20,24,30H,21-23H2,1-7H3,(H,34,38). The van der Waals surface area contributed by atoms with E-state index in [1.54, 1.807) is 12.1 Å². The normalized spacial score (nSPS) is 12.6. The molecule has 1 unspecified atom stereocenters. The Hall–Kier alpha value is -3.65. The highest BCUT2D eigenvalue weighted by Crippen LogP contribution is 2.29. The molecule has 0 fully saturated rings. The predicted molar refractivity (Wildman–Crippen MR) is 166 cm³/mol. The zero-order chi connectivity index (χ0) is 30.4. The molecule has 220 valence electrons. The summed E-state index contributed by atoms with van der Waals surface area (Å²) in [5, 5.41) is 3.04. The molecule has 1 atom stereocenters. The first-order chi connectivity index (χ1) is 19.2. The van der Waals surface area contributed by atoms with Crippen LogP contribution < -0.4 is 9.62 Å². The first-order valence-electron chi connectivity index (χ1n) is 13.9. The van der Waals surface area contributed by atoms with E-state index in [-0.39, 0.29) is 24.8 Å². The Morgan fingerprint density at radius 2 is 1.44 bits per heavy atom. The van der Waals surface area contributed by atoms with Crippen LogP contribution in [0.3, 0.4) is 0 Å². The van der Waals surface area contributed by atoms with E-state index in [0.717, 1.165) is 32.8 Å². The number of benzene rings is 3. The molecular weight excluding hydrogens is 534 g/mol. The third-order valence-electron chi connectivity index (χ3n) is 6.75. The molecule has 8 heteroatoms. The minimum atomic E-state index is -3.83. The lowest BCUT2D eigenvalue weighted by atomic mass is 10.00. The van der Waals surface area contributed by atoms with Gasteiger partial charge in [-0.25, -0.2) is 8.42 Å². The molecular formula is C33H43N3O4S. The van der Waals surface area contributed by atoms with Crippen molar-refractivity contribution in [3.8, 4) is 0 Å². The second kappa shape index (κ2) is 13.3. The van der Waals surface area contributed by atoms with Crippen molar-refractivity contribution in [3.63, 3.8) is 0 Å². The van der Waals surface area contributed by atoms with E-state index in [0.29, 0.717) is 5.69 Å². The van der Waals surface area contributed by atoms with Crippen LogP contribution in [-0.4, -0.2) is 49.5 Å². The van der Waals surface area contributed by atoms with Crippen molar-refractivity contribution in [3.05, 3.63) is 101 Å². The number of hydrogen-bond acceptors (Lipinski definition) is 4. The van der Waals surface area contributed by atoms with Crippen LogP contribution in [0.5, 0.6) is 0 Å². The Bertz CT molecular complexity index is 1430. The van der Waals surface area contributed by atoms with Crippen LogP contribution >= 0.6 is 0 Å². The maximum Gasteiger partial charge on any atom is 0.244 e. The fraction of sp³-hybridized carbons (Fsp3) is 0.394. The van der Waals surface area contributed by atoms with E-state index in [4.69, 9.17) is 0 Å². The van der Waals surface area contributed by atoms with Gasteiger partial charge < -0.3 is 10.2 Å². The number of carbonyl (C=O) groups excluding carboxylic acids is 2. The van der Waals surface area contributed by atoms with Crippen molar-refractivity contribution < 1.29 is 18.0 Å².